The molecular weight excluding hydrogens is 560 g/mol. The summed E-state index contributed by atoms with van der Waals surface area (Å²) < 4.78 is 27.0. The molecule has 1 aliphatic rings. The summed E-state index contributed by atoms with van der Waals surface area (Å²) in [5.74, 6) is -5.32. The van der Waals surface area contributed by atoms with Crippen molar-refractivity contribution < 1.29 is 53.1 Å². The number of thioether (sulfide) groups is 1. The topological polar surface area (TPSA) is 193 Å². The van der Waals surface area contributed by atoms with Gasteiger partial charge in [-0.3, -0.25) is 0 Å². The number of nitrogens with one attached hydrogen (secondary N) is 1. The molecule has 0 spiro atoms. The zero-order valence-electron chi connectivity index (χ0n) is 23.2. The van der Waals surface area contributed by atoms with Crippen LogP contribution in [0.25, 0.3) is 0 Å². The van der Waals surface area contributed by atoms with E-state index in [9.17, 15) is 29.4 Å². The second-order valence-electron chi connectivity index (χ2n) is 8.21. The van der Waals surface area contributed by atoms with Gasteiger partial charge in [0.1, 0.15) is 5.75 Å². The van der Waals surface area contributed by atoms with Crippen molar-refractivity contribution in [2.24, 2.45) is 5.73 Å². The molecule has 0 aromatic heterocycles. The van der Waals surface area contributed by atoms with Crippen LogP contribution in [-0.4, -0.2) is 94.1 Å². The zero-order chi connectivity index (χ0) is 30.6. The van der Waals surface area contributed by atoms with Gasteiger partial charge in [0.05, 0.1) is 75.1 Å². The molecular formula is C27H34N2O11S. The molecule has 0 fully saturated rings. The number of para-hydroxylation sites is 1. The van der Waals surface area contributed by atoms with Crippen LogP contribution in [-0.2, 0) is 43.5 Å². The van der Waals surface area contributed by atoms with Crippen molar-refractivity contribution in [3.63, 3.8) is 0 Å². The summed E-state index contributed by atoms with van der Waals surface area (Å²) in [4.78, 5) is 52.6. The van der Waals surface area contributed by atoms with Gasteiger partial charge in [-0.05, 0) is 19.2 Å². The molecule has 0 saturated carbocycles. The molecule has 0 aliphatic carbocycles. The molecule has 5 N–H and O–H groups in total. The van der Waals surface area contributed by atoms with Crippen LogP contribution in [0.1, 0.15) is 12.5 Å². The first-order chi connectivity index (χ1) is 19.6. The molecule has 0 saturated heterocycles. The minimum atomic E-state index is -2.39. The van der Waals surface area contributed by atoms with E-state index in [0.29, 0.717) is 24.1 Å². The van der Waals surface area contributed by atoms with Gasteiger partial charge in [0.25, 0.3) is 0 Å². The maximum Gasteiger partial charge on any atom is 0.337 e. The molecule has 13 nitrogen and oxygen atoms in total. The molecule has 1 atom stereocenters. The highest BCUT2D eigenvalue weighted by Crippen LogP contribution is 2.53. The van der Waals surface area contributed by atoms with Crippen LogP contribution < -0.4 is 15.8 Å². The summed E-state index contributed by atoms with van der Waals surface area (Å²) in [6.07, 6.45) is 3.32. The van der Waals surface area contributed by atoms with E-state index in [-0.39, 0.29) is 43.4 Å². The number of esters is 2. The fraction of sp³-hybridized carbons (Fsp3) is 0.407. The average Bonchev–Trinajstić information content (AvgIpc) is 2.96. The Morgan fingerprint density at radius 2 is 1.78 bits per heavy atom. The molecule has 14 heteroatoms. The quantitative estimate of drug-likeness (QED) is 0.0923. The molecule has 2 rings (SSSR count). The number of methoxy groups -OCH3 is 2. The number of carboxylic acids is 2. The van der Waals surface area contributed by atoms with Crippen LogP contribution in [0.2, 0.25) is 0 Å². The van der Waals surface area contributed by atoms with Crippen molar-refractivity contribution in [3.8, 4) is 5.75 Å². The lowest BCUT2D eigenvalue weighted by Crippen LogP contribution is -2.48. The number of aliphatic carboxylic acids is 2. The van der Waals surface area contributed by atoms with Gasteiger partial charge < -0.3 is 44.9 Å². The van der Waals surface area contributed by atoms with Gasteiger partial charge in [-0.2, -0.15) is 0 Å². The number of dihydropyridines is 1. The van der Waals surface area contributed by atoms with Crippen molar-refractivity contribution >= 4 is 35.6 Å². The monoisotopic (exact) mass is 594 g/mol. The standard InChI is InChI=1S/C27H34N2O11S/c1-5-40-26(35)22-19(15-39-12-11-38-10-9-28)29-14-18(25(34)37-3)27(22,17(24(32)33)13-21(30)31)16-7-6-8-20(41-4)23(16)36-2/h6-8,13-14,29H,5,9-12,15,28H2,1-4H3,(H,30,31)(H,32,33)/b17-13+. The molecule has 1 aliphatic heterocycles. The van der Waals surface area contributed by atoms with Gasteiger partial charge in [-0.15, -0.1) is 11.8 Å². The van der Waals surface area contributed by atoms with E-state index in [2.05, 4.69) is 5.32 Å². The average molecular weight is 595 g/mol. The second-order valence-corrected chi connectivity index (χ2v) is 9.06. The zero-order valence-corrected chi connectivity index (χ0v) is 24.0. The lowest BCUT2D eigenvalue weighted by molar-refractivity contribution is -0.140. The van der Waals surface area contributed by atoms with E-state index in [1.807, 2.05) is 0 Å². The van der Waals surface area contributed by atoms with Gasteiger partial charge in [-0.1, -0.05) is 12.1 Å². The smallest absolute Gasteiger partial charge is 0.337 e. The third-order valence-corrected chi connectivity index (χ3v) is 6.71. The first kappa shape index (κ1) is 33.4. The van der Waals surface area contributed by atoms with Gasteiger partial charge in [-0.25, -0.2) is 19.2 Å². The lowest BCUT2D eigenvalue weighted by Gasteiger charge is -2.41. The molecule has 1 heterocycles. The van der Waals surface area contributed by atoms with Crippen molar-refractivity contribution in [2.45, 2.75) is 17.2 Å². The van der Waals surface area contributed by atoms with E-state index in [4.69, 9.17) is 29.4 Å². The van der Waals surface area contributed by atoms with Crippen molar-refractivity contribution in [2.75, 3.05) is 60.1 Å². The molecule has 1 aromatic carbocycles. The number of rotatable bonds is 16. The van der Waals surface area contributed by atoms with Crippen LogP contribution in [0.3, 0.4) is 0 Å². The number of nitrogens with two attached hydrogens (primary N) is 1. The van der Waals surface area contributed by atoms with E-state index >= 15 is 0 Å². The summed E-state index contributed by atoms with van der Waals surface area (Å²) in [5.41, 5.74) is 1.41. The Balaban J connectivity index is 3.11. The number of carbonyl (C=O) groups excluding carboxylic acids is 2. The van der Waals surface area contributed by atoms with Gasteiger partial charge in [0.15, 0.2) is 0 Å². The summed E-state index contributed by atoms with van der Waals surface area (Å²) in [6.45, 7) is 1.99. The van der Waals surface area contributed by atoms with Crippen LogP contribution in [0.15, 0.2) is 57.8 Å². The van der Waals surface area contributed by atoms with Crippen LogP contribution in [0.4, 0.5) is 0 Å². The Labute approximate surface area is 241 Å². The Hall–Kier alpha value is -3.85. The second kappa shape index (κ2) is 15.8. The summed E-state index contributed by atoms with van der Waals surface area (Å²) in [5, 5.41) is 23.1. The normalized spacial score (nSPS) is 16.9. The van der Waals surface area contributed by atoms with Crippen LogP contribution >= 0.6 is 11.8 Å². The summed E-state index contributed by atoms with van der Waals surface area (Å²) in [6, 6.07) is 4.69. The highest BCUT2D eigenvalue weighted by Gasteiger charge is 2.56. The Morgan fingerprint density at radius 3 is 2.34 bits per heavy atom. The predicted octanol–water partition coefficient (Wildman–Crippen LogP) is 1.22. The number of benzene rings is 1. The fourth-order valence-corrected chi connectivity index (χ4v) is 5.03. The lowest BCUT2D eigenvalue weighted by atomic mass is 9.61. The van der Waals surface area contributed by atoms with Crippen molar-refractivity contribution in [3.05, 3.63) is 58.5 Å². The van der Waals surface area contributed by atoms with Crippen LogP contribution in [0.5, 0.6) is 5.75 Å². The minimum absolute atomic E-state index is 0.00766. The molecule has 0 radical (unpaired) electrons. The molecule has 0 amide bonds. The van der Waals surface area contributed by atoms with Crippen molar-refractivity contribution in [1.82, 2.24) is 5.32 Å². The number of ether oxygens (including phenoxy) is 5. The van der Waals surface area contributed by atoms with Gasteiger partial charge in [0, 0.05) is 29.3 Å². The molecule has 1 aromatic rings. The SMILES string of the molecule is CCOC(=O)C1=C(COCCOCCN)NC=C(C(=O)OC)C1(/C(=C/C(=O)O)C(=O)O)c1cccc(SC)c1OC. The largest absolute Gasteiger partial charge is 0.495 e. The molecule has 0 bridgehead atoms. The predicted molar refractivity (Wildman–Crippen MR) is 147 cm³/mol. The fourth-order valence-electron chi connectivity index (χ4n) is 4.43. The summed E-state index contributed by atoms with van der Waals surface area (Å²) in [7, 11) is 2.40. The highest BCUT2D eigenvalue weighted by atomic mass is 32.2. The van der Waals surface area contributed by atoms with E-state index in [0.717, 1.165) is 13.3 Å². The molecule has 41 heavy (non-hydrogen) atoms. The first-order valence-corrected chi connectivity index (χ1v) is 13.6. The summed E-state index contributed by atoms with van der Waals surface area (Å²) >= 11 is 1.25. The number of hydrogen-bond donors (Lipinski definition) is 4. The van der Waals surface area contributed by atoms with E-state index in [1.54, 1.807) is 25.3 Å². The third-order valence-electron chi connectivity index (χ3n) is 5.95. The molecule has 1 unspecified atom stereocenters. The number of carboxylic acid groups (broad SMARTS) is 2. The minimum Gasteiger partial charge on any atom is -0.495 e. The Morgan fingerprint density at radius 1 is 1.07 bits per heavy atom. The van der Waals surface area contributed by atoms with E-state index < -0.39 is 46.0 Å². The third kappa shape index (κ3) is 7.27. The Kier molecular flexibility index (Phi) is 12.9. The number of hydrogen-bond acceptors (Lipinski definition) is 12. The molecule has 224 valence electrons. The maximum absolute atomic E-state index is 13.8. The Bertz CT molecular complexity index is 1240. The van der Waals surface area contributed by atoms with E-state index in [1.165, 1.54) is 24.9 Å². The van der Waals surface area contributed by atoms with Gasteiger partial charge >= 0.3 is 23.9 Å². The first-order valence-electron chi connectivity index (χ1n) is 12.4. The van der Waals surface area contributed by atoms with Crippen molar-refractivity contribution in [1.29, 1.82) is 0 Å². The highest BCUT2D eigenvalue weighted by molar-refractivity contribution is 7.98. The maximum atomic E-state index is 13.8. The van der Waals surface area contributed by atoms with Crippen LogP contribution in [0, 0.1) is 0 Å². The van der Waals surface area contributed by atoms with Gasteiger partial charge in [0.2, 0.25) is 0 Å². The number of carbonyl (C=O) groups is 4.